The van der Waals surface area contributed by atoms with Gasteiger partial charge in [0.05, 0.1) is 25.0 Å². The highest BCUT2D eigenvalue weighted by molar-refractivity contribution is 7.48. The molecule has 1 aromatic rings. The van der Waals surface area contributed by atoms with E-state index < -0.39 is 49.4 Å². The maximum Gasteiger partial charge on any atom is 0.478 e. The third kappa shape index (κ3) is 8.79. The molecule has 11 nitrogen and oxygen atoms in total. The lowest BCUT2D eigenvalue weighted by molar-refractivity contribution is -0.163. The molecule has 2 atom stereocenters. The highest BCUT2D eigenvalue weighted by atomic mass is 31.2. The lowest BCUT2D eigenvalue weighted by Crippen LogP contribution is -2.50. The number of phosphoric acid groups is 1. The highest BCUT2D eigenvalue weighted by Gasteiger charge is 2.49. The molecule has 0 saturated carbocycles. The first-order valence-electron chi connectivity index (χ1n) is 10.9. The Bertz CT molecular complexity index is 899. The third-order valence-corrected chi connectivity index (χ3v) is 6.10. The van der Waals surface area contributed by atoms with Gasteiger partial charge in [-0.05, 0) is 32.9 Å². The van der Waals surface area contributed by atoms with Gasteiger partial charge in [0.1, 0.15) is 0 Å². The first-order chi connectivity index (χ1) is 15.8. The molecule has 0 radical (unpaired) electrons. The number of carbonyl (C=O) groups excluding carboxylic acids is 3. The number of hydrogen-bond donors (Lipinski definition) is 1. The zero-order valence-electron chi connectivity index (χ0n) is 20.2. The fourth-order valence-corrected chi connectivity index (χ4v) is 4.23. The molecule has 1 N–H and O–H groups in total. The molecule has 0 spiro atoms. The van der Waals surface area contributed by atoms with E-state index in [1.54, 1.807) is 46.9 Å². The van der Waals surface area contributed by atoms with Crippen molar-refractivity contribution in [1.29, 1.82) is 0 Å². The van der Waals surface area contributed by atoms with Crippen molar-refractivity contribution in [3.63, 3.8) is 0 Å². The average molecular weight is 500 g/mol. The van der Waals surface area contributed by atoms with Crippen LogP contribution in [0.1, 0.15) is 46.7 Å². The van der Waals surface area contributed by atoms with E-state index in [0.717, 1.165) is 5.69 Å². The number of amides is 1. The molecule has 0 bridgehead atoms. The van der Waals surface area contributed by atoms with E-state index in [4.69, 9.17) is 23.0 Å². The van der Waals surface area contributed by atoms with Crippen molar-refractivity contribution in [2.75, 3.05) is 26.6 Å². The van der Waals surface area contributed by atoms with E-state index in [9.17, 15) is 18.9 Å². The predicted octanol–water partition coefficient (Wildman–Crippen LogP) is 2.79. The molecular weight excluding hydrogens is 467 g/mol. The number of rotatable bonds is 10. The van der Waals surface area contributed by atoms with Crippen molar-refractivity contribution >= 4 is 25.7 Å². The van der Waals surface area contributed by atoms with Crippen LogP contribution in [0.5, 0.6) is 0 Å². The van der Waals surface area contributed by atoms with Crippen LogP contribution in [0.15, 0.2) is 24.4 Å². The molecular formula is C22H33N2O9P. The van der Waals surface area contributed by atoms with Crippen LogP contribution in [0.3, 0.4) is 0 Å². The number of phosphoric ester groups is 1. The standard InChI is InChI=1S/C22H33N2O9P/c1-21(2,3)20(27)30-15-32-34(28)31-14-22(4,5)18(33-34)19(26)24-12-9-17(25)29-13-10-16-8-6-7-11-23-16/h6-8,11,18H,9-10,12-15H2,1-5H3,(H,24,26)/t18-,34?/m0/s1. The summed E-state index contributed by atoms with van der Waals surface area (Å²) in [6, 6.07) is 5.48. The third-order valence-electron chi connectivity index (χ3n) is 4.77. The molecule has 0 aromatic carbocycles. The first-order valence-corrected chi connectivity index (χ1v) is 12.4. The molecule has 1 saturated heterocycles. The summed E-state index contributed by atoms with van der Waals surface area (Å²) in [5, 5.41) is 2.58. The molecule has 2 heterocycles. The summed E-state index contributed by atoms with van der Waals surface area (Å²) in [5.41, 5.74) is -0.787. The van der Waals surface area contributed by atoms with Gasteiger partial charge in [-0.15, -0.1) is 0 Å². The first kappa shape index (κ1) is 27.9. The molecule has 1 aromatic heterocycles. The Morgan fingerprint density at radius 1 is 1.24 bits per heavy atom. The van der Waals surface area contributed by atoms with E-state index in [-0.39, 0.29) is 26.2 Å². The lowest BCUT2D eigenvalue weighted by Gasteiger charge is -2.39. The van der Waals surface area contributed by atoms with Crippen LogP contribution in [0.2, 0.25) is 0 Å². The van der Waals surface area contributed by atoms with Gasteiger partial charge in [0.15, 0.2) is 6.10 Å². The largest absolute Gasteiger partial charge is 0.478 e. The summed E-state index contributed by atoms with van der Waals surface area (Å²) >= 11 is 0. The smallest absolute Gasteiger partial charge is 0.465 e. The van der Waals surface area contributed by atoms with Gasteiger partial charge < -0.3 is 14.8 Å². The Balaban J connectivity index is 1.78. The molecule has 12 heteroatoms. The minimum atomic E-state index is -4.14. The Morgan fingerprint density at radius 3 is 2.62 bits per heavy atom. The van der Waals surface area contributed by atoms with Crippen molar-refractivity contribution < 1.29 is 42.0 Å². The van der Waals surface area contributed by atoms with E-state index >= 15 is 0 Å². The summed E-state index contributed by atoms with van der Waals surface area (Å²) in [6.45, 7) is 7.82. The van der Waals surface area contributed by atoms with Crippen molar-refractivity contribution in [3.05, 3.63) is 30.1 Å². The fraction of sp³-hybridized carbons (Fsp3) is 0.636. The maximum atomic E-state index is 12.8. The second-order valence-corrected chi connectivity index (χ2v) is 11.1. The van der Waals surface area contributed by atoms with Crippen molar-refractivity contribution in [1.82, 2.24) is 10.3 Å². The number of carbonyl (C=O) groups is 3. The minimum absolute atomic E-state index is 0.00635. The molecule has 1 amide bonds. The quantitative estimate of drug-likeness (QED) is 0.290. The molecule has 1 aliphatic rings. The number of nitrogens with zero attached hydrogens (tertiary/aromatic N) is 1. The van der Waals surface area contributed by atoms with Gasteiger partial charge in [0.2, 0.25) is 12.7 Å². The maximum absolute atomic E-state index is 12.8. The van der Waals surface area contributed by atoms with Gasteiger partial charge in [0, 0.05) is 30.3 Å². The molecule has 2 rings (SSSR count). The molecule has 0 aliphatic carbocycles. The van der Waals surface area contributed by atoms with Gasteiger partial charge >= 0.3 is 19.8 Å². The van der Waals surface area contributed by atoms with Crippen LogP contribution in [0.25, 0.3) is 0 Å². The Hall–Kier alpha value is -2.33. The summed E-state index contributed by atoms with van der Waals surface area (Å²) in [7, 11) is -4.14. The average Bonchev–Trinajstić information content (AvgIpc) is 2.75. The van der Waals surface area contributed by atoms with E-state index in [2.05, 4.69) is 10.3 Å². The number of hydrogen-bond acceptors (Lipinski definition) is 10. The van der Waals surface area contributed by atoms with Crippen LogP contribution in [0.4, 0.5) is 0 Å². The van der Waals surface area contributed by atoms with Gasteiger partial charge in [-0.1, -0.05) is 19.9 Å². The van der Waals surface area contributed by atoms with E-state index in [1.807, 2.05) is 12.1 Å². The number of aromatic nitrogens is 1. The molecule has 1 aliphatic heterocycles. The molecule has 1 unspecified atom stereocenters. The monoisotopic (exact) mass is 500 g/mol. The van der Waals surface area contributed by atoms with Gasteiger partial charge in [-0.25, -0.2) is 9.09 Å². The highest BCUT2D eigenvalue weighted by Crippen LogP contribution is 2.57. The zero-order valence-corrected chi connectivity index (χ0v) is 21.1. The summed E-state index contributed by atoms with van der Waals surface area (Å²) in [5.74, 6) is -1.61. The van der Waals surface area contributed by atoms with Gasteiger partial charge in [0.25, 0.3) is 0 Å². The topological polar surface area (TPSA) is 139 Å². The van der Waals surface area contributed by atoms with Gasteiger partial charge in [-0.3, -0.25) is 28.4 Å². The predicted molar refractivity (Wildman–Crippen MR) is 120 cm³/mol. The van der Waals surface area contributed by atoms with Gasteiger partial charge in [-0.2, -0.15) is 0 Å². The Labute approximate surface area is 199 Å². The number of pyridine rings is 1. The van der Waals surface area contributed by atoms with Crippen LogP contribution in [0, 0.1) is 10.8 Å². The fourth-order valence-electron chi connectivity index (χ4n) is 2.72. The van der Waals surface area contributed by atoms with Crippen LogP contribution in [-0.2, 0) is 48.4 Å². The SMILES string of the molecule is CC(C)(C)C(=O)OCOP1(=O)OCC(C)(C)[C@H](C(=O)NCCC(=O)OCCc2ccccn2)O1. The Morgan fingerprint density at radius 2 is 1.97 bits per heavy atom. The van der Waals surface area contributed by atoms with Crippen LogP contribution < -0.4 is 5.32 Å². The lowest BCUT2D eigenvalue weighted by atomic mass is 9.87. The summed E-state index contributed by atoms with van der Waals surface area (Å²) in [4.78, 5) is 40.6. The summed E-state index contributed by atoms with van der Waals surface area (Å²) in [6.07, 6.45) is 0.929. The van der Waals surface area contributed by atoms with E-state index in [0.29, 0.717) is 6.42 Å². The second-order valence-electron chi connectivity index (χ2n) is 9.46. The Kier molecular flexibility index (Phi) is 9.75. The number of nitrogens with one attached hydrogen (secondary N) is 1. The van der Waals surface area contributed by atoms with Crippen molar-refractivity contribution in [2.45, 2.75) is 53.6 Å². The summed E-state index contributed by atoms with van der Waals surface area (Å²) < 4.78 is 38.5. The molecule has 190 valence electrons. The zero-order chi connectivity index (χ0) is 25.4. The second kappa shape index (κ2) is 11.9. The van der Waals surface area contributed by atoms with Crippen LogP contribution >= 0.6 is 7.82 Å². The molecule has 34 heavy (non-hydrogen) atoms. The van der Waals surface area contributed by atoms with E-state index in [1.165, 1.54) is 0 Å². The number of ether oxygens (including phenoxy) is 2. The van der Waals surface area contributed by atoms with Crippen molar-refractivity contribution in [3.8, 4) is 0 Å². The molecule has 1 fully saturated rings. The van der Waals surface area contributed by atoms with Crippen LogP contribution in [-0.4, -0.2) is 55.5 Å². The van der Waals surface area contributed by atoms with Crippen molar-refractivity contribution in [2.24, 2.45) is 10.8 Å². The number of esters is 2. The minimum Gasteiger partial charge on any atom is -0.465 e. The normalized spacial score (nSPS) is 22.0.